The number of amides is 1. The molecular formula is C17H12FN3O2. The molecule has 2 aromatic carbocycles. The number of benzene rings is 2. The van der Waals surface area contributed by atoms with Gasteiger partial charge < -0.3 is 10.5 Å². The average Bonchev–Trinajstić information content (AvgIpc) is 2.58. The number of hydrogen-bond acceptors (Lipinski definition) is 4. The second-order valence-corrected chi connectivity index (χ2v) is 4.71. The highest BCUT2D eigenvalue weighted by molar-refractivity contribution is 5.89. The van der Waals surface area contributed by atoms with Crippen molar-refractivity contribution in [2.75, 3.05) is 0 Å². The fourth-order valence-electron chi connectivity index (χ4n) is 1.97. The van der Waals surface area contributed by atoms with Crippen molar-refractivity contribution < 1.29 is 13.9 Å². The number of halogens is 1. The van der Waals surface area contributed by atoms with E-state index in [9.17, 15) is 9.18 Å². The molecule has 0 unspecified atom stereocenters. The van der Waals surface area contributed by atoms with E-state index in [1.54, 1.807) is 42.5 Å². The molecule has 0 bridgehead atoms. The van der Waals surface area contributed by atoms with E-state index < -0.39 is 5.91 Å². The fourth-order valence-corrected chi connectivity index (χ4v) is 1.97. The summed E-state index contributed by atoms with van der Waals surface area (Å²) in [6, 6.07) is 14.5. The van der Waals surface area contributed by atoms with E-state index in [4.69, 9.17) is 10.5 Å². The van der Waals surface area contributed by atoms with Crippen molar-refractivity contribution in [1.82, 2.24) is 9.97 Å². The van der Waals surface area contributed by atoms with Crippen LogP contribution in [0.5, 0.6) is 11.5 Å². The van der Waals surface area contributed by atoms with Gasteiger partial charge in [0.2, 0.25) is 5.82 Å². The Morgan fingerprint density at radius 2 is 1.57 bits per heavy atom. The van der Waals surface area contributed by atoms with Gasteiger partial charge in [-0.05, 0) is 54.6 Å². The minimum Gasteiger partial charge on any atom is -0.457 e. The van der Waals surface area contributed by atoms with Gasteiger partial charge in [-0.25, -0.2) is 14.4 Å². The first kappa shape index (κ1) is 14.6. The lowest BCUT2D eigenvalue weighted by atomic mass is 10.1. The van der Waals surface area contributed by atoms with Crippen molar-refractivity contribution in [3.8, 4) is 22.8 Å². The van der Waals surface area contributed by atoms with Gasteiger partial charge in [-0.3, -0.25) is 4.79 Å². The third-order valence-corrected chi connectivity index (χ3v) is 3.08. The summed E-state index contributed by atoms with van der Waals surface area (Å²) in [7, 11) is 0. The van der Waals surface area contributed by atoms with E-state index in [0.29, 0.717) is 17.2 Å². The van der Waals surface area contributed by atoms with Gasteiger partial charge in [0.05, 0.1) is 5.69 Å². The molecule has 1 aromatic heterocycles. The first-order valence-electron chi connectivity index (χ1n) is 6.78. The minimum absolute atomic E-state index is 0.0332. The molecule has 0 aliphatic carbocycles. The molecule has 0 radical (unpaired) electrons. The number of rotatable bonds is 4. The number of carbonyl (C=O) groups excluding carboxylic acids is 1. The highest BCUT2D eigenvalue weighted by Crippen LogP contribution is 2.25. The van der Waals surface area contributed by atoms with E-state index in [-0.39, 0.29) is 11.6 Å². The van der Waals surface area contributed by atoms with Crippen molar-refractivity contribution in [2.24, 2.45) is 5.73 Å². The molecule has 114 valence electrons. The zero-order valence-electron chi connectivity index (χ0n) is 11.9. The maximum Gasteiger partial charge on any atom is 0.286 e. The first-order valence-corrected chi connectivity index (χ1v) is 6.78. The maximum atomic E-state index is 12.9. The van der Waals surface area contributed by atoms with Gasteiger partial charge in [0, 0.05) is 11.8 Å². The van der Waals surface area contributed by atoms with Crippen LogP contribution in [-0.4, -0.2) is 15.9 Å². The summed E-state index contributed by atoms with van der Waals surface area (Å²) >= 11 is 0. The Balaban J connectivity index is 1.80. The van der Waals surface area contributed by atoms with Crippen LogP contribution in [0.1, 0.15) is 10.6 Å². The van der Waals surface area contributed by atoms with Crippen molar-refractivity contribution in [3.63, 3.8) is 0 Å². The molecule has 5 nitrogen and oxygen atoms in total. The van der Waals surface area contributed by atoms with E-state index in [1.807, 2.05) is 0 Å². The van der Waals surface area contributed by atoms with Crippen LogP contribution >= 0.6 is 0 Å². The highest BCUT2D eigenvalue weighted by atomic mass is 19.1. The van der Waals surface area contributed by atoms with Crippen molar-refractivity contribution >= 4 is 5.91 Å². The smallest absolute Gasteiger partial charge is 0.286 e. The first-order chi connectivity index (χ1) is 11.1. The summed E-state index contributed by atoms with van der Waals surface area (Å²) in [6.07, 6.45) is 1.48. The summed E-state index contributed by atoms with van der Waals surface area (Å²) in [6.45, 7) is 0. The lowest BCUT2D eigenvalue weighted by molar-refractivity contribution is 0.0990. The van der Waals surface area contributed by atoms with Crippen LogP contribution in [0.25, 0.3) is 11.3 Å². The second kappa shape index (κ2) is 6.23. The molecular weight excluding hydrogens is 297 g/mol. The van der Waals surface area contributed by atoms with Crippen molar-refractivity contribution in [3.05, 3.63) is 72.4 Å². The molecule has 0 aliphatic rings. The van der Waals surface area contributed by atoms with Crippen LogP contribution in [0.15, 0.2) is 60.8 Å². The quantitative estimate of drug-likeness (QED) is 0.803. The monoisotopic (exact) mass is 309 g/mol. The summed E-state index contributed by atoms with van der Waals surface area (Å²) in [5.41, 5.74) is 6.55. The van der Waals surface area contributed by atoms with Gasteiger partial charge in [0.1, 0.15) is 17.3 Å². The predicted molar refractivity (Wildman–Crippen MR) is 82.5 cm³/mol. The molecule has 3 aromatic rings. The Morgan fingerprint density at radius 1 is 0.957 bits per heavy atom. The van der Waals surface area contributed by atoms with E-state index >= 15 is 0 Å². The Morgan fingerprint density at radius 3 is 2.17 bits per heavy atom. The maximum absolute atomic E-state index is 12.9. The molecule has 23 heavy (non-hydrogen) atoms. The van der Waals surface area contributed by atoms with E-state index in [0.717, 1.165) is 5.56 Å². The fraction of sp³-hybridized carbons (Fsp3) is 0. The zero-order valence-corrected chi connectivity index (χ0v) is 11.9. The van der Waals surface area contributed by atoms with Crippen LogP contribution in [0.3, 0.4) is 0 Å². The third kappa shape index (κ3) is 3.49. The molecule has 0 atom stereocenters. The molecule has 0 saturated heterocycles. The molecule has 0 fully saturated rings. The Labute approximate surface area is 131 Å². The molecule has 1 heterocycles. The molecule has 6 heteroatoms. The normalized spacial score (nSPS) is 10.3. The summed E-state index contributed by atoms with van der Waals surface area (Å²) in [4.78, 5) is 19.0. The summed E-state index contributed by atoms with van der Waals surface area (Å²) in [5.74, 6) is 0.112. The highest BCUT2D eigenvalue weighted by Gasteiger charge is 2.07. The van der Waals surface area contributed by atoms with Gasteiger partial charge in [-0.15, -0.1) is 0 Å². The van der Waals surface area contributed by atoms with Crippen LogP contribution < -0.4 is 10.5 Å². The molecule has 0 aliphatic heterocycles. The number of nitrogens with two attached hydrogens (primary N) is 1. The number of primary amides is 1. The minimum atomic E-state index is -0.678. The summed E-state index contributed by atoms with van der Waals surface area (Å²) in [5, 5.41) is 0. The largest absolute Gasteiger partial charge is 0.457 e. The molecule has 1 amide bonds. The third-order valence-electron chi connectivity index (χ3n) is 3.08. The number of hydrogen-bond donors (Lipinski definition) is 1. The Hall–Kier alpha value is -3.28. The molecule has 0 spiro atoms. The van der Waals surface area contributed by atoms with E-state index in [2.05, 4.69) is 9.97 Å². The van der Waals surface area contributed by atoms with Crippen molar-refractivity contribution in [2.45, 2.75) is 0 Å². The number of aromatic nitrogens is 2. The van der Waals surface area contributed by atoms with Crippen LogP contribution in [0.4, 0.5) is 4.39 Å². The molecule has 0 saturated carbocycles. The van der Waals surface area contributed by atoms with Gasteiger partial charge in [0.15, 0.2) is 0 Å². The zero-order chi connectivity index (χ0) is 16.2. The molecule has 2 N–H and O–H groups in total. The number of nitrogens with zero attached hydrogens (tertiary/aromatic N) is 2. The van der Waals surface area contributed by atoms with Gasteiger partial charge in [-0.2, -0.15) is 0 Å². The van der Waals surface area contributed by atoms with Crippen LogP contribution in [0, 0.1) is 5.82 Å². The van der Waals surface area contributed by atoms with Crippen molar-refractivity contribution in [1.29, 1.82) is 0 Å². The van der Waals surface area contributed by atoms with E-state index in [1.165, 1.54) is 18.3 Å². The topological polar surface area (TPSA) is 78.1 Å². The van der Waals surface area contributed by atoms with Gasteiger partial charge in [-0.1, -0.05) is 0 Å². The Bertz CT molecular complexity index is 833. The lowest BCUT2D eigenvalue weighted by Crippen LogP contribution is -2.15. The standard InChI is InChI=1S/C17H12FN3O2/c18-12-3-7-14(8-4-12)23-13-5-1-11(2-6-13)15-9-10-20-17(21-15)16(19)22/h1-10H,(H2,19,22). The van der Waals surface area contributed by atoms with Crippen LogP contribution in [0.2, 0.25) is 0 Å². The lowest BCUT2D eigenvalue weighted by Gasteiger charge is -2.07. The predicted octanol–water partition coefficient (Wildman–Crippen LogP) is 3.17. The summed E-state index contributed by atoms with van der Waals surface area (Å²) < 4.78 is 18.5. The average molecular weight is 309 g/mol. The second-order valence-electron chi connectivity index (χ2n) is 4.71. The molecule has 3 rings (SSSR count). The number of ether oxygens (including phenoxy) is 1. The Kier molecular flexibility index (Phi) is 3.97. The van der Waals surface area contributed by atoms with Gasteiger partial charge >= 0.3 is 0 Å². The number of carbonyl (C=O) groups is 1. The van der Waals surface area contributed by atoms with Gasteiger partial charge in [0.25, 0.3) is 5.91 Å². The van der Waals surface area contributed by atoms with Crippen LogP contribution in [-0.2, 0) is 0 Å². The SMILES string of the molecule is NC(=O)c1nccc(-c2ccc(Oc3ccc(F)cc3)cc2)n1.